The molecule has 0 aliphatic heterocycles. The van der Waals surface area contributed by atoms with Gasteiger partial charge in [0.25, 0.3) is 0 Å². The zero-order chi connectivity index (χ0) is 14.5. The van der Waals surface area contributed by atoms with E-state index in [4.69, 9.17) is 9.47 Å². The molecular formula is C16H16O4. The minimum absolute atomic E-state index is 0.0440. The number of aryl methyl sites for hydroxylation is 1. The Kier molecular flexibility index (Phi) is 4.25. The second kappa shape index (κ2) is 6.10. The lowest BCUT2D eigenvalue weighted by atomic mass is 10.1. The third kappa shape index (κ3) is 2.91. The SMILES string of the molecule is COc1ccccc1COC(=O)c1cccc(C)c1O. The van der Waals surface area contributed by atoms with Crippen LogP contribution in [-0.4, -0.2) is 18.2 Å². The lowest BCUT2D eigenvalue weighted by Crippen LogP contribution is -2.06. The van der Waals surface area contributed by atoms with E-state index < -0.39 is 5.97 Å². The molecule has 0 bridgehead atoms. The first kappa shape index (κ1) is 13.9. The van der Waals surface area contributed by atoms with Crippen LogP contribution in [0.25, 0.3) is 0 Å². The predicted molar refractivity (Wildman–Crippen MR) is 75.0 cm³/mol. The van der Waals surface area contributed by atoms with E-state index in [0.717, 1.165) is 5.56 Å². The van der Waals surface area contributed by atoms with Crippen molar-refractivity contribution in [2.24, 2.45) is 0 Å². The molecule has 0 unspecified atom stereocenters. The van der Waals surface area contributed by atoms with E-state index in [2.05, 4.69) is 0 Å². The van der Waals surface area contributed by atoms with Crippen molar-refractivity contribution >= 4 is 5.97 Å². The minimum Gasteiger partial charge on any atom is -0.507 e. The van der Waals surface area contributed by atoms with Gasteiger partial charge in [-0.05, 0) is 24.6 Å². The van der Waals surface area contributed by atoms with Gasteiger partial charge >= 0.3 is 5.97 Å². The van der Waals surface area contributed by atoms with Crippen LogP contribution < -0.4 is 4.74 Å². The van der Waals surface area contributed by atoms with Crippen molar-refractivity contribution in [1.29, 1.82) is 0 Å². The summed E-state index contributed by atoms with van der Waals surface area (Å²) >= 11 is 0. The van der Waals surface area contributed by atoms with Crippen LogP contribution >= 0.6 is 0 Å². The highest BCUT2D eigenvalue weighted by molar-refractivity contribution is 5.92. The summed E-state index contributed by atoms with van der Waals surface area (Å²) in [5.41, 5.74) is 1.58. The molecule has 0 heterocycles. The molecule has 0 atom stereocenters. The Labute approximate surface area is 117 Å². The Morgan fingerprint density at radius 2 is 1.90 bits per heavy atom. The predicted octanol–water partition coefficient (Wildman–Crippen LogP) is 3.07. The van der Waals surface area contributed by atoms with Gasteiger partial charge in [0, 0.05) is 5.56 Å². The zero-order valence-corrected chi connectivity index (χ0v) is 11.4. The quantitative estimate of drug-likeness (QED) is 0.869. The minimum atomic E-state index is -0.558. The van der Waals surface area contributed by atoms with Gasteiger partial charge < -0.3 is 14.6 Å². The molecule has 2 aromatic rings. The van der Waals surface area contributed by atoms with Crippen LogP contribution in [0, 0.1) is 6.92 Å². The van der Waals surface area contributed by atoms with Gasteiger partial charge in [-0.15, -0.1) is 0 Å². The molecule has 0 aliphatic carbocycles. The van der Waals surface area contributed by atoms with Crippen LogP contribution in [0.5, 0.6) is 11.5 Å². The lowest BCUT2D eigenvalue weighted by molar-refractivity contribution is 0.0466. The molecule has 2 aromatic carbocycles. The number of aromatic hydroxyl groups is 1. The number of para-hydroxylation sites is 2. The number of rotatable bonds is 4. The molecule has 4 nitrogen and oxygen atoms in total. The van der Waals surface area contributed by atoms with Crippen molar-refractivity contribution in [2.75, 3.05) is 7.11 Å². The summed E-state index contributed by atoms with van der Waals surface area (Å²) in [4.78, 5) is 12.0. The number of benzene rings is 2. The first-order chi connectivity index (χ1) is 9.63. The molecule has 0 saturated carbocycles. The van der Waals surface area contributed by atoms with Gasteiger partial charge in [0.15, 0.2) is 0 Å². The molecule has 0 saturated heterocycles. The van der Waals surface area contributed by atoms with Gasteiger partial charge in [-0.1, -0.05) is 30.3 Å². The Morgan fingerprint density at radius 3 is 2.65 bits per heavy atom. The van der Waals surface area contributed by atoms with Crippen molar-refractivity contribution in [3.8, 4) is 11.5 Å². The molecule has 20 heavy (non-hydrogen) atoms. The lowest BCUT2D eigenvalue weighted by Gasteiger charge is -2.10. The molecule has 0 aromatic heterocycles. The Balaban J connectivity index is 2.11. The number of ether oxygens (including phenoxy) is 2. The van der Waals surface area contributed by atoms with Gasteiger partial charge in [-0.25, -0.2) is 4.79 Å². The maximum atomic E-state index is 12.0. The van der Waals surface area contributed by atoms with E-state index in [1.807, 2.05) is 18.2 Å². The van der Waals surface area contributed by atoms with Crippen LogP contribution in [0.15, 0.2) is 42.5 Å². The van der Waals surface area contributed by atoms with Gasteiger partial charge in [0.2, 0.25) is 0 Å². The summed E-state index contributed by atoms with van der Waals surface area (Å²) in [6.07, 6.45) is 0. The topological polar surface area (TPSA) is 55.8 Å². The van der Waals surface area contributed by atoms with E-state index in [1.165, 1.54) is 6.07 Å². The summed E-state index contributed by atoms with van der Waals surface area (Å²) in [6, 6.07) is 12.3. The number of phenols is 1. The largest absolute Gasteiger partial charge is 0.507 e. The fourth-order valence-corrected chi connectivity index (χ4v) is 1.87. The highest BCUT2D eigenvalue weighted by Crippen LogP contribution is 2.23. The van der Waals surface area contributed by atoms with E-state index in [1.54, 1.807) is 32.2 Å². The smallest absolute Gasteiger partial charge is 0.342 e. The van der Waals surface area contributed by atoms with Gasteiger partial charge in [-0.3, -0.25) is 0 Å². The molecule has 0 amide bonds. The van der Waals surface area contributed by atoms with Crippen molar-refractivity contribution in [2.45, 2.75) is 13.5 Å². The fourth-order valence-electron chi connectivity index (χ4n) is 1.87. The second-order valence-corrected chi connectivity index (χ2v) is 4.36. The Morgan fingerprint density at radius 1 is 1.15 bits per heavy atom. The number of carbonyl (C=O) groups is 1. The number of carbonyl (C=O) groups excluding carboxylic acids is 1. The highest BCUT2D eigenvalue weighted by atomic mass is 16.5. The third-order valence-electron chi connectivity index (χ3n) is 3.01. The average molecular weight is 272 g/mol. The standard InChI is InChI=1S/C16H16O4/c1-11-6-5-8-13(15(11)17)16(18)20-10-12-7-3-4-9-14(12)19-2/h3-9,17H,10H2,1-2H3. The highest BCUT2D eigenvalue weighted by Gasteiger charge is 2.14. The maximum absolute atomic E-state index is 12.0. The van der Waals surface area contributed by atoms with Crippen molar-refractivity contribution < 1.29 is 19.4 Å². The van der Waals surface area contributed by atoms with Crippen molar-refractivity contribution in [3.63, 3.8) is 0 Å². The number of hydrogen-bond donors (Lipinski definition) is 1. The summed E-state index contributed by atoms with van der Waals surface area (Å²) in [5.74, 6) is 0.0587. The van der Waals surface area contributed by atoms with Crippen LogP contribution in [0.2, 0.25) is 0 Å². The van der Waals surface area contributed by atoms with E-state index in [9.17, 15) is 9.90 Å². The molecule has 0 radical (unpaired) electrons. The Hall–Kier alpha value is -2.49. The van der Waals surface area contributed by atoms with Crippen molar-refractivity contribution in [3.05, 3.63) is 59.2 Å². The number of hydrogen-bond acceptors (Lipinski definition) is 4. The van der Waals surface area contributed by atoms with E-state index in [0.29, 0.717) is 11.3 Å². The van der Waals surface area contributed by atoms with Gasteiger partial charge in [-0.2, -0.15) is 0 Å². The fraction of sp³-hybridized carbons (Fsp3) is 0.188. The molecule has 1 N–H and O–H groups in total. The van der Waals surface area contributed by atoms with Crippen LogP contribution in [0.1, 0.15) is 21.5 Å². The summed E-state index contributed by atoms with van der Waals surface area (Å²) in [7, 11) is 1.56. The average Bonchev–Trinajstić information content (AvgIpc) is 2.48. The summed E-state index contributed by atoms with van der Waals surface area (Å²) in [5, 5.41) is 9.84. The van der Waals surface area contributed by atoms with Crippen LogP contribution in [-0.2, 0) is 11.3 Å². The molecule has 0 aliphatic rings. The number of esters is 1. The van der Waals surface area contributed by atoms with Crippen molar-refractivity contribution in [1.82, 2.24) is 0 Å². The second-order valence-electron chi connectivity index (χ2n) is 4.36. The first-order valence-electron chi connectivity index (χ1n) is 6.21. The first-order valence-corrected chi connectivity index (χ1v) is 6.21. The zero-order valence-electron chi connectivity index (χ0n) is 11.4. The van der Waals surface area contributed by atoms with Gasteiger partial charge in [0.1, 0.15) is 23.7 Å². The molecule has 0 spiro atoms. The van der Waals surface area contributed by atoms with E-state index >= 15 is 0 Å². The molecule has 4 heteroatoms. The molecule has 2 rings (SSSR count). The Bertz CT molecular complexity index is 620. The third-order valence-corrected chi connectivity index (χ3v) is 3.01. The van der Waals surface area contributed by atoms with E-state index in [-0.39, 0.29) is 17.9 Å². The molecular weight excluding hydrogens is 256 g/mol. The number of phenolic OH excluding ortho intramolecular Hbond substituents is 1. The summed E-state index contributed by atoms with van der Waals surface area (Å²) in [6.45, 7) is 1.82. The molecule has 104 valence electrons. The normalized spacial score (nSPS) is 10.1. The monoisotopic (exact) mass is 272 g/mol. The summed E-state index contributed by atoms with van der Waals surface area (Å²) < 4.78 is 10.4. The molecule has 0 fully saturated rings. The number of methoxy groups -OCH3 is 1. The maximum Gasteiger partial charge on any atom is 0.342 e. The van der Waals surface area contributed by atoms with Crippen LogP contribution in [0.3, 0.4) is 0 Å². The van der Waals surface area contributed by atoms with Gasteiger partial charge in [0.05, 0.1) is 7.11 Å². The van der Waals surface area contributed by atoms with Crippen LogP contribution in [0.4, 0.5) is 0 Å².